The van der Waals surface area contributed by atoms with Gasteiger partial charge in [0.05, 0.1) is 8.07 Å². The third-order valence-corrected chi connectivity index (χ3v) is 19.5. The maximum absolute atomic E-state index is 2.74. The van der Waals surface area contributed by atoms with Gasteiger partial charge in [-0.25, -0.2) is 18.2 Å². The predicted molar refractivity (Wildman–Crippen MR) is 212 cm³/mol. The van der Waals surface area contributed by atoms with E-state index in [2.05, 4.69) is 149 Å². The van der Waals surface area contributed by atoms with Crippen molar-refractivity contribution in [1.82, 2.24) is 0 Å². The molecule has 0 aliphatic rings. The second kappa shape index (κ2) is 15.9. The van der Waals surface area contributed by atoms with Gasteiger partial charge in [-0.2, -0.15) is 39.7 Å². The molecule has 0 aliphatic carbocycles. The molecule has 0 nitrogen and oxygen atoms in total. The third-order valence-electron chi connectivity index (χ3n) is 8.47. The first-order chi connectivity index (χ1) is 20.2. The number of hydrogen-bond donors (Lipinski definition) is 0. The second-order valence-electron chi connectivity index (χ2n) is 16.5. The van der Waals surface area contributed by atoms with Gasteiger partial charge in [-0.05, 0) is 52.1 Å². The van der Waals surface area contributed by atoms with E-state index in [1.54, 1.807) is 26.9 Å². The van der Waals surface area contributed by atoms with E-state index in [0.717, 1.165) is 6.16 Å². The van der Waals surface area contributed by atoms with E-state index < -0.39 is 24.1 Å². The molecule has 0 saturated carbocycles. The van der Waals surface area contributed by atoms with E-state index in [1.807, 2.05) is 35.5 Å². The Morgan fingerprint density at radius 2 is 1.11 bits per heavy atom. The molecule has 0 spiro atoms. The van der Waals surface area contributed by atoms with E-state index >= 15 is 0 Å². The molecule has 0 radical (unpaired) electrons. The topological polar surface area (TPSA) is 0 Å². The molecule has 4 aromatic rings. The van der Waals surface area contributed by atoms with Gasteiger partial charge < -0.3 is 0 Å². The van der Waals surface area contributed by atoms with Crippen LogP contribution in [0, 0.1) is 13.8 Å². The SMILES string of the molecule is Cc1ccccc1P(Cc1cc([Si](C)(C)C)[c-]([Si](C)(C)C)c1CP(C(C)(C)C)C(C)(C)C)c1ccccc1C.[Fe+2].c1cc[cH-]c1. The molecule has 0 fully saturated rings. The molecule has 4 aromatic carbocycles. The molecule has 4 rings (SSSR count). The van der Waals surface area contributed by atoms with Crippen LogP contribution in [-0.2, 0) is 29.4 Å². The van der Waals surface area contributed by atoms with E-state index in [4.69, 9.17) is 0 Å². The van der Waals surface area contributed by atoms with Crippen molar-refractivity contribution in [2.75, 3.05) is 0 Å². The van der Waals surface area contributed by atoms with Crippen LogP contribution >= 0.6 is 15.8 Å². The first-order valence-corrected chi connectivity index (χ1v) is 26.4. The zero-order chi connectivity index (χ0) is 33.1. The molecule has 0 heterocycles. The van der Waals surface area contributed by atoms with Gasteiger partial charge in [-0.3, -0.25) is 0 Å². The molecule has 0 N–H and O–H groups in total. The van der Waals surface area contributed by atoms with Crippen LogP contribution in [0.4, 0.5) is 0 Å². The van der Waals surface area contributed by atoms with Crippen molar-refractivity contribution in [2.45, 2.75) is 117 Å². The van der Waals surface area contributed by atoms with Gasteiger partial charge >= 0.3 is 17.1 Å². The fourth-order valence-electron chi connectivity index (χ4n) is 6.59. The van der Waals surface area contributed by atoms with Crippen molar-refractivity contribution in [1.29, 1.82) is 0 Å². The van der Waals surface area contributed by atoms with E-state index in [-0.39, 0.29) is 25.0 Å². The molecular weight excluding hydrogens is 654 g/mol. The minimum atomic E-state index is -1.58. The van der Waals surface area contributed by atoms with Crippen LogP contribution in [0.25, 0.3) is 0 Å². The standard InChI is InChI=1S/C35H55P2Si2.C5H5.Fe/c1-26-19-15-17-21-30(26)36(31-22-18-16-20-27(31)2)24-28-23-32(38(9,10)11)33(39(12,13)14)29(28)25-37(34(3,4)5)35(6,7)8;1-2-4-5-3-1;/h15-23H,24-25H2,1-14H3;1-5H;/q2*-1;+2. The van der Waals surface area contributed by atoms with Crippen LogP contribution in [0.2, 0.25) is 39.3 Å². The van der Waals surface area contributed by atoms with Gasteiger partial charge in [0.2, 0.25) is 0 Å². The van der Waals surface area contributed by atoms with Crippen molar-refractivity contribution in [3.63, 3.8) is 0 Å². The Morgan fingerprint density at radius 3 is 1.44 bits per heavy atom. The second-order valence-corrected chi connectivity index (χ2v) is 32.5. The van der Waals surface area contributed by atoms with Gasteiger partial charge in [-0.15, -0.1) is 0 Å². The first kappa shape index (κ1) is 40.1. The molecule has 0 bridgehead atoms. The molecular formula is C40H60FeP2Si2. The van der Waals surface area contributed by atoms with Gasteiger partial charge in [0.15, 0.2) is 0 Å². The average molecular weight is 715 g/mol. The molecule has 0 saturated heterocycles. The Balaban J connectivity index is 0.00000107. The Hall–Kier alpha value is -1.05. The van der Waals surface area contributed by atoms with Gasteiger partial charge in [0.25, 0.3) is 0 Å². The number of hydrogen-bond acceptors (Lipinski definition) is 0. The fourth-order valence-corrected chi connectivity index (χ4v) is 18.9. The van der Waals surface area contributed by atoms with Crippen molar-refractivity contribution >= 4 is 53.0 Å². The predicted octanol–water partition coefficient (Wildman–Crippen LogP) is 10.7. The summed E-state index contributed by atoms with van der Waals surface area (Å²) in [5, 5.41) is 7.30. The smallest absolute Gasteiger partial charge is 0.214 e. The minimum Gasteiger partial charge on any atom is -0.214 e. The monoisotopic (exact) mass is 714 g/mol. The summed E-state index contributed by atoms with van der Waals surface area (Å²) in [6, 6.07) is 31.1. The molecule has 0 amide bonds. The molecule has 45 heavy (non-hydrogen) atoms. The molecule has 0 unspecified atom stereocenters. The van der Waals surface area contributed by atoms with Gasteiger partial charge in [0, 0.05) is 8.07 Å². The van der Waals surface area contributed by atoms with E-state index in [0.29, 0.717) is 10.3 Å². The van der Waals surface area contributed by atoms with E-state index in [9.17, 15) is 0 Å². The van der Waals surface area contributed by atoms with Crippen LogP contribution in [0.15, 0.2) is 84.9 Å². The largest absolute Gasteiger partial charge is 2.00 e. The Bertz CT molecular complexity index is 1400. The summed E-state index contributed by atoms with van der Waals surface area (Å²) in [7, 11) is -3.82. The summed E-state index contributed by atoms with van der Waals surface area (Å²) < 4.78 is 0. The van der Waals surface area contributed by atoms with Crippen LogP contribution in [0.1, 0.15) is 63.8 Å². The first-order valence-electron chi connectivity index (χ1n) is 16.4. The minimum absolute atomic E-state index is 0. The Kier molecular flexibility index (Phi) is 14.2. The molecule has 0 aromatic heterocycles. The number of aryl methyl sites for hydroxylation is 2. The quantitative estimate of drug-likeness (QED) is 0.0969. The maximum Gasteiger partial charge on any atom is 2.00 e. The molecule has 246 valence electrons. The van der Waals surface area contributed by atoms with Crippen LogP contribution in [0.5, 0.6) is 0 Å². The zero-order valence-corrected chi connectivity index (χ0v) is 35.6. The van der Waals surface area contributed by atoms with Crippen LogP contribution < -0.4 is 21.0 Å². The van der Waals surface area contributed by atoms with E-state index in [1.165, 1.54) is 17.3 Å². The van der Waals surface area contributed by atoms with Gasteiger partial charge in [0.1, 0.15) is 0 Å². The summed E-state index contributed by atoms with van der Waals surface area (Å²) in [4.78, 5) is 0. The molecule has 0 aliphatic heterocycles. The van der Waals surface area contributed by atoms with Crippen LogP contribution in [-0.4, -0.2) is 26.5 Å². The average Bonchev–Trinajstić information content (AvgIpc) is 3.57. The fraction of sp³-hybridized carbons (Fsp3) is 0.450. The summed E-state index contributed by atoms with van der Waals surface area (Å²) >= 11 is 0. The zero-order valence-electron chi connectivity index (χ0n) is 30.7. The van der Waals surface area contributed by atoms with Crippen molar-refractivity contribution in [3.8, 4) is 0 Å². The normalized spacial score (nSPS) is 12.6. The maximum atomic E-state index is 2.74. The van der Waals surface area contributed by atoms with Crippen molar-refractivity contribution < 1.29 is 17.1 Å². The summed E-state index contributed by atoms with van der Waals surface area (Å²) in [6.45, 7) is 35.1. The summed E-state index contributed by atoms with van der Waals surface area (Å²) in [5.74, 6) is 0. The number of rotatable bonds is 8. The molecule has 5 heteroatoms. The molecule has 0 atom stereocenters. The van der Waals surface area contributed by atoms with Gasteiger partial charge in [-0.1, -0.05) is 151 Å². The van der Waals surface area contributed by atoms with Crippen molar-refractivity contribution in [2.24, 2.45) is 0 Å². The van der Waals surface area contributed by atoms with Crippen LogP contribution in [0.3, 0.4) is 0 Å². The Morgan fingerprint density at radius 1 is 0.667 bits per heavy atom. The number of benzene rings is 2. The Labute approximate surface area is 293 Å². The summed E-state index contributed by atoms with van der Waals surface area (Å²) in [5.41, 5.74) is 6.30. The third kappa shape index (κ3) is 10.7. The summed E-state index contributed by atoms with van der Waals surface area (Å²) in [6.07, 6.45) is 2.41. The van der Waals surface area contributed by atoms with Crippen molar-refractivity contribution in [3.05, 3.63) is 107 Å².